The Labute approximate surface area is 181 Å². The number of allylic oxidation sites excluding steroid dienone is 1. The van der Waals surface area contributed by atoms with E-state index in [1.807, 2.05) is 61.5 Å². The zero-order valence-electron chi connectivity index (χ0n) is 18.6. The summed E-state index contributed by atoms with van der Waals surface area (Å²) < 4.78 is 0.801. The Balaban J connectivity index is 1.85. The molecule has 1 unspecified atom stereocenters. The molecule has 2 aromatic carbocycles. The van der Waals surface area contributed by atoms with Crippen molar-refractivity contribution < 1.29 is 14.4 Å². The highest BCUT2D eigenvalue weighted by Crippen LogP contribution is 2.34. The Morgan fingerprint density at radius 2 is 1.57 bits per heavy atom. The van der Waals surface area contributed by atoms with Gasteiger partial charge in [0.1, 0.15) is 11.5 Å². The maximum atomic E-state index is 13.2. The van der Waals surface area contributed by atoms with Crippen molar-refractivity contribution in [1.29, 1.82) is 0 Å². The van der Waals surface area contributed by atoms with Gasteiger partial charge in [-0.25, -0.2) is 0 Å². The fourth-order valence-corrected chi connectivity index (χ4v) is 4.03. The SMILES string of the molecule is CC[N+]1(C)CC[C@@](O)(/C=C/c2ccc(C)cc2)[C@H](C(=O)/C=C/c2ccc(C)cc2)C1. The second-order valence-corrected chi connectivity index (χ2v) is 9.03. The number of quaternary nitrogens is 1. The van der Waals surface area contributed by atoms with Crippen LogP contribution in [0.3, 0.4) is 0 Å². The predicted molar refractivity (Wildman–Crippen MR) is 125 cm³/mol. The highest BCUT2D eigenvalue weighted by Gasteiger charge is 2.48. The number of rotatable bonds is 6. The molecule has 0 bridgehead atoms. The molecule has 0 aromatic heterocycles. The first-order valence-electron chi connectivity index (χ1n) is 10.8. The summed E-state index contributed by atoms with van der Waals surface area (Å²) >= 11 is 0. The minimum Gasteiger partial charge on any atom is -0.385 e. The largest absolute Gasteiger partial charge is 0.385 e. The van der Waals surface area contributed by atoms with Crippen molar-refractivity contribution in [2.75, 3.05) is 26.7 Å². The van der Waals surface area contributed by atoms with E-state index >= 15 is 0 Å². The van der Waals surface area contributed by atoms with Gasteiger partial charge in [0.25, 0.3) is 0 Å². The van der Waals surface area contributed by atoms with Crippen molar-refractivity contribution in [3.8, 4) is 0 Å². The summed E-state index contributed by atoms with van der Waals surface area (Å²) in [4.78, 5) is 13.2. The predicted octanol–water partition coefficient (Wildman–Crippen LogP) is 4.82. The Morgan fingerprint density at radius 3 is 2.10 bits per heavy atom. The van der Waals surface area contributed by atoms with Crippen LogP contribution in [-0.2, 0) is 4.79 Å². The molecule has 3 rings (SSSR count). The van der Waals surface area contributed by atoms with E-state index in [-0.39, 0.29) is 5.78 Å². The standard InChI is InChI=1S/C27H34NO2/c1-5-28(4)19-18-27(30,17-16-24-12-8-22(3)9-13-24)25(20-28)26(29)15-14-23-10-6-21(2)7-11-23/h6-17,25,30H,5,18-20H2,1-4H3/q+1/b15-14+,17-16+/t25-,27-,28?/m0/s1. The highest BCUT2D eigenvalue weighted by atomic mass is 16.3. The monoisotopic (exact) mass is 404 g/mol. The molecule has 0 amide bonds. The van der Waals surface area contributed by atoms with Crippen LogP contribution in [0, 0.1) is 19.8 Å². The van der Waals surface area contributed by atoms with E-state index in [1.54, 1.807) is 6.08 Å². The molecule has 1 aliphatic rings. The Hall–Kier alpha value is -2.49. The number of benzene rings is 2. The average Bonchev–Trinajstić information content (AvgIpc) is 2.75. The first-order valence-corrected chi connectivity index (χ1v) is 10.8. The van der Waals surface area contributed by atoms with Gasteiger partial charge in [-0.05, 0) is 38.0 Å². The van der Waals surface area contributed by atoms with Gasteiger partial charge in [-0.15, -0.1) is 0 Å². The van der Waals surface area contributed by atoms with Gasteiger partial charge in [0.05, 0.1) is 26.7 Å². The van der Waals surface area contributed by atoms with Gasteiger partial charge in [0.15, 0.2) is 5.78 Å². The van der Waals surface area contributed by atoms with Crippen LogP contribution in [0.5, 0.6) is 0 Å². The second kappa shape index (κ2) is 9.11. The molecule has 0 aliphatic carbocycles. The van der Waals surface area contributed by atoms with E-state index in [1.165, 1.54) is 11.1 Å². The van der Waals surface area contributed by atoms with Crippen LogP contribution >= 0.6 is 0 Å². The minimum atomic E-state index is -1.13. The van der Waals surface area contributed by atoms with Crippen LogP contribution in [0.2, 0.25) is 0 Å². The molecule has 3 atom stereocenters. The number of likely N-dealkylation sites (tertiary alicyclic amines) is 1. The average molecular weight is 405 g/mol. The highest BCUT2D eigenvalue weighted by molar-refractivity contribution is 5.96. The molecule has 1 fully saturated rings. The lowest BCUT2D eigenvalue weighted by molar-refractivity contribution is -0.916. The number of carbonyl (C=O) groups excluding carboxylic acids is 1. The molecule has 3 nitrogen and oxygen atoms in total. The summed E-state index contributed by atoms with van der Waals surface area (Å²) in [5.41, 5.74) is 3.29. The van der Waals surface area contributed by atoms with Gasteiger partial charge in [-0.3, -0.25) is 4.79 Å². The molecule has 1 heterocycles. The maximum absolute atomic E-state index is 13.2. The second-order valence-electron chi connectivity index (χ2n) is 9.03. The minimum absolute atomic E-state index is 0.0101. The number of piperidine rings is 1. The molecule has 158 valence electrons. The van der Waals surface area contributed by atoms with Crippen molar-refractivity contribution in [2.45, 2.75) is 32.8 Å². The van der Waals surface area contributed by atoms with Crippen molar-refractivity contribution in [2.24, 2.45) is 5.92 Å². The number of hydrogen-bond donors (Lipinski definition) is 1. The number of aliphatic hydroxyl groups is 1. The fourth-order valence-electron chi connectivity index (χ4n) is 4.03. The number of nitrogens with zero attached hydrogens (tertiary/aromatic N) is 1. The Bertz CT molecular complexity index is 926. The molecule has 1 N–H and O–H groups in total. The van der Waals surface area contributed by atoms with Crippen LogP contribution in [0.15, 0.2) is 60.7 Å². The molecule has 0 radical (unpaired) electrons. The van der Waals surface area contributed by atoms with Gasteiger partial charge in [-0.1, -0.05) is 77.9 Å². The van der Waals surface area contributed by atoms with Crippen LogP contribution in [-0.4, -0.2) is 47.7 Å². The normalized spacial score (nSPS) is 27.0. The van der Waals surface area contributed by atoms with E-state index in [0.717, 1.165) is 28.7 Å². The topological polar surface area (TPSA) is 37.3 Å². The molecule has 1 aliphatic heterocycles. The van der Waals surface area contributed by atoms with Crippen molar-refractivity contribution >= 4 is 17.9 Å². The first kappa shape index (κ1) is 22.2. The van der Waals surface area contributed by atoms with Crippen molar-refractivity contribution in [3.63, 3.8) is 0 Å². The number of carbonyl (C=O) groups is 1. The lowest BCUT2D eigenvalue weighted by Gasteiger charge is -2.46. The molecule has 0 spiro atoms. The van der Waals surface area contributed by atoms with Crippen molar-refractivity contribution in [1.82, 2.24) is 0 Å². The number of aryl methyl sites for hydroxylation is 2. The molecule has 2 aromatic rings. The van der Waals surface area contributed by atoms with Gasteiger partial charge in [0.2, 0.25) is 0 Å². The third-order valence-corrected chi connectivity index (χ3v) is 6.54. The first-order chi connectivity index (χ1) is 14.2. The summed E-state index contributed by atoms with van der Waals surface area (Å²) in [6.07, 6.45) is 7.88. The number of hydrogen-bond acceptors (Lipinski definition) is 2. The summed E-state index contributed by atoms with van der Waals surface area (Å²) in [6.45, 7) is 8.70. The quantitative estimate of drug-likeness (QED) is 0.554. The van der Waals surface area contributed by atoms with E-state index in [2.05, 4.69) is 33.0 Å². The summed E-state index contributed by atoms with van der Waals surface area (Å²) in [5.74, 6) is -0.469. The molecule has 3 heteroatoms. The van der Waals surface area contributed by atoms with Crippen LogP contribution in [0.4, 0.5) is 0 Å². The van der Waals surface area contributed by atoms with Crippen LogP contribution in [0.1, 0.15) is 35.6 Å². The summed E-state index contributed by atoms with van der Waals surface area (Å²) in [7, 11) is 2.17. The fraction of sp³-hybridized carbons (Fsp3) is 0.370. The lowest BCUT2D eigenvalue weighted by Crippen LogP contribution is -2.61. The smallest absolute Gasteiger partial charge is 0.167 e. The lowest BCUT2D eigenvalue weighted by atomic mass is 9.76. The molecular formula is C27H34NO2+. The zero-order valence-corrected chi connectivity index (χ0v) is 18.6. The van der Waals surface area contributed by atoms with E-state index in [9.17, 15) is 9.90 Å². The van der Waals surface area contributed by atoms with Crippen LogP contribution < -0.4 is 0 Å². The maximum Gasteiger partial charge on any atom is 0.167 e. The van der Waals surface area contributed by atoms with E-state index in [0.29, 0.717) is 13.0 Å². The number of ketones is 1. The van der Waals surface area contributed by atoms with Crippen molar-refractivity contribution in [3.05, 3.63) is 82.9 Å². The van der Waals surface area contributed by atoms with Crippen LogP contribution in [0.25, 0.3) is 12.2 Å². The van der Waals surface area contributed by atoms with Gasteiger partial charge < -0.3 is 9.59 Å². The molecular weight excluding hydrogens is 370 g/mol. The van der Waals surface area contributed by atoms with E-state index < -0.39 is 11.5 Å². The molecule has 0 saturated carbocycles. The third-order valence-electron chi connectivity index (χ3n) is 6.54. The van der Waals surface area contributed by atoms with Gasteiger partial charge in [-0.2, -0.15) is 0 Å². The Morgan fingerprint density at radius 1 is 1.03 bits per heavy atom. The molecule has 30 heavy (non-hydrogen) atoms. The molecule has 1 saturated heterocycles. The third kappa shape index (κ3) is 5.35. The Kier molecular flexibility index (Phi) is 6.74. The summed E-state index contributed by atoms with van der Waals surface area (Å²) in [5, 5.41) is 11.5. The van der Waals surface area contributed by atoms with Gasteiger partial charge in [0, 0.05) is 6.42 Å². The van der Waals surface area contributed by atoms with E-state index in [4.69, 9.17) is 0 Å². The zero-order chi connectivity index (χ0) is 21.8. The summed E-state index contributed by atoms with van der Waals surface area (Å²) in [6, 6.07) is 16.3. The van der Waals surface area contributed by atoms with Gasteiger partial charge >= 0.3 is 0 Å².